The minimum atomic E-state index is 0.793. The number of rotatable bonds is 4. The van der Waals surface area contributed by atoms with E-state index in [0.717, 1.165) is 40.4 Å². The number of benzene rings is 1. The van der Waals surface area contributed by atoms with Crippen LogP contribution in [-0.4, -0.2) is 24.4 Å². The maximum Gasteiger partial charge on any atom is 0.124 e. The Morgan fingerprint density at radius 3 is 2.44 bits per heavy atom. The van der Waals surface area contributed by atoms with Crippen molar-refractivity contribution in [1.29, 1.82) is 0 Å². The number of nitrogens with zero attached hydrogens (tertiary/aromatic N) is 1. The van der Waals surface area contributed by atoms with E-state index in [1.165, 1.54) is 0 Å². The molecule has 0 unspecified atom stereocenters. The van der Waals surface area contributed by atoms with Crippen molar-refractivity contribution in [2.45, 2.75) is 20.4 Å². The third kappa shape index (κ3) is 2.38. The molecule has 1 heterocycles. The normalized spacial score (nSPS) is 10.7. The number of aromatic amines is 1. The molecule has 0 saturated carbocycles. The predicted octanol–water partition coefficient (Wildman–Crippen LogP) is 2.42. The molecule has 96 valence electrons. The first-order chi connectivity index (χ1) is 8.65. The molecule has 0 spiro atoms. The maximum absolute atomic E-state index is 5.37. The van der Waals surface area contributed by atoms with Gasteiger partial charge in [-0.1, -0.05) is 0 Å². The molecule has 18 heavy (non-hydrogen) atoms. The van der Waals surface area contributed by atoms with Crippen molar-refractivity contribution in [3.63, 3.8) is 0 Å². The predicted molar refractivity (Wildman–Crippen MR) is 72.8 cm³/mol. The molecule has 4 heteroatoms. The fourth-order valence-electron chi connectivity index (χ4n) is 2.21. The van der Waals surface area contributed by atoms with Gasteiger partial charge >= 0.3 is 0 Å². The van der Waals surface area contributed by atoms with Crippen LogP contribution in [0.2, 0.25) is 0 Å². The molecule has 0 aliphatic carbocycles. The van der Waals surface area contributed by atoms with Crippen molar-refractivity contribution < 1.29 is 4.74 Å². The molecule has 0 radical (unpaired) electrons. The monoisotopic (exact) mass is 245 g/mol. The Morgan fingerprint density at radius 1 is 1.22 bits per heavy atom. The average molecular weight is 245 g/mol. The fraction of sp³-hybridized carbons (Fsp3) is 0.357. The van der Waals surface area contributed by atoms with Gasteiger partial charge in [0.2, 0.25) is 0 Å². The summed E-state index contributed by atoms with van der Waals surface area (Å²) in [6.07, 6.45) is 0. The standard InChI is InChI=1S/C14H19N3O/c1-9-5-11(6-10(2)14(9)18-4)13-7-12(8-15-3)16-17-13/h5-7,15H,8H2,1-4H3,(H,16,17). The van der Waals surface area contributed by atoms with Crippen molar-refractivity contribution >= 4 is 0 Å². The van der Waals surface area contributed by atoms with Gasteiger partial charge < -0.3 is 10.1 Å². The zero-order valence-corrected chi connectivity index (χ0v) is 11.3. The lowest BCUT2D eigenvalue weighted by atomic mass is 10.0. The lowest BCUT2D eigenvalue weighted by Crippen LogP contribution is -2.04. The summed E-state index contributed by atoms with van der Waals surface area (Å²) in [5, 5.41) is 10.5. The van der Waals surface area contributed by atoms with E-state index in [9.17, 15) is 0 Å². The Bertz CT molecular complexity index is 523. The maximum atomic E-state index is 5.37. The summed E-state index contributed by atoms with van der Waals surface area (Å²) in [5.74, 6) is 0.949. The number of methoxy groups -OCH3 is 1. The highest BCUT2D eigenvalue weighted by molar-refractivity contribution is 5.64. The van der Waals surface area contributed by atoms with Crippen LogP contribution in [-0.2, 0) is 6.54 Å². The molecule has 1 aromatic heterocycles. The molecule has 2 aromatic rings. The highest BCUT2D eigenvalue weighted by Gasteiger charge is 2.09. The second-order valence-electron chi connectivity index (χ2n) is 4.45. The van der Waals surface area contributed by atoms with Gasteiger partial charge in [-0.2, -0.15) is 5.10 Å². The van der Waals surface area contributed by atoms with Gasteiger partial charge in [0.15, 0.2) is 0 Å². The number of ether oxygens (including phenoxy) is 1. The topological polar surface area (TPSA) is 49.9 Å². The molecule has 2 N–H and O–H groups in total. The smallest absolute Gasteiger partial charge is 0.124 e. The summed E-state index contributed by atoms with van der Waals surface area (Å²) in [5.41, 5.74) is 5.42. The van der Waals surface area contributed by atoms with E-state index in [1.807, 2.05) is 7.05 Å². The van der Waals surface area contributed by atoms with E-state index < -0.39 is 0 Å². The van der Waals surface area contributed by atoms with Crippen molar-refractivity contribution in [3.8, 4) is 17.0 Å². The number of nitrogens with one attached hydrogen (secondary N) is 2. The summed E-state index contributed by atoms with van der Waals surface area (Å²) in [4.78, 5) is 0. The van der Waals surface area contributed by atoms with Gasteiger partial charge in [0.25, 0.3) is 0 Å². The van der Waals surface area contributed by atoms with Gasteiger partial charge in [-0.25, -0.2) is 0 Å². The number of hydrogen-bond donors (Lipinski definition) is 2. The molecular weight excluding hydrogens is 226 g/mol. The summed E-state index contributed by atoms with van der Waals surface area (Å²) in [7, 11) is 3.62. The third-order valence-corrected chi connectivity index (χ3v) is 2.96. The summed E-state index contributed by atoms with van der Waals surface area (Å²) >= 11 is 0. The first kappa shape index (κ1) is 12.6. The zero-order chi connectivity index (χ0) is 13.1. The number of H-pyrrole nitrogens is 1. The SMILES string of the molecule is CNCc1cc(-c2cc(C)c(OC)c(C)c2)n[nH]1. The first-order valence-electron chi connectivity index (χ1n) is 6.00. The molecule has 2 rings (SSSR count). The van der Waals surface area contributed by atoms with Crippen LogP contribution in [0.15, 0.2) is 18.2 Å². The molecule has 0 amide bonds. The number of hydrogen-bond acceptors (Lipinski definition) is 3. The van der Waals surface area contributed by atoms with E-state index in [1.54, 1.807) is 7.11 Å². The van der Waals surface area contributed by atoms with Crippen LogP contribution in [0.3, 0.4) is 0 Å². The van der Waals surface area contributed by atoms with E-state index in [2.05, 4.69) is 47.6 Å². The molecular formula is C14H19N3O. The van der Waals surface area contributed by atoms with Crippen LogP contribution >= 0.6 is 0 Å². The number of aromatic nitrogens is 2. The quantitative estimate of drug-likeness (QED) is 0.869. The highest BCUT2D eigenvalue weighted by Crippen LogP contribution is 2.29. The molecule has 0 fully saturated rings. The van der Waals surface area contributed by atoms with Crippen LogP contribution in [0, 0.1) is 13.8 Å². The van der Waals surface area contributed by atoms with Crippen molar-refractivity contribution in [1.82, 2.24) is 15.5 Å². The Balaban J connectivity index is 2.38. The minimum absolute atomic E-state index is 0.793. The van der Waals surface area contributed by atoms with E-state index >= 15 is 0 Å². The van der Waals surface area contributed by atoms with Gasteiger partial charge in [-0.3, -0.25) is 5.10 Å². The molecule has 0 saturated heterocycles. The lowest BCUT2D eigenvalue weighted by molar-refractivity contribution is 0.408. The van der Waals surface area contributed by atoms with Gasteiger partial charge in [-0.05, 0) is 50.2 Å². The zero-order valence-electron chi connectivity index (χ0n) is 11.3. The second-order valence-corrected chi connectivity index (χ2v) is 4.45. The van der Waals surface area contributed by atoms with Gasteiger partial charge in [0.1, 0.15) is 5.75 Å². The Labute approximate surface area is 107 Å². The van der Waals surface area contributed by atoms with Crippen LogP contribution in [0.1, 0.15) is 16.8 Å². The van der Waals surface area contributed by atoms with Gasteiger partial charge in [0, 0.05) is 17.8 Å². The van der Waals surface area contributed by atoms with E-state index in [4.69, 9.17) is 4.74 Å². The van der Waals surface area contributed by atoms with Gasteiger partial charge in [0.05, 0.1) is 12.8 Å². The van der Waals surface area contributed by atoms with Crippen LogP contribution in [0.5, 0.6) is 5.75 Å². The Hall–Kier alpha value is -1.81. The van der Waals surface area contributed by atoms with E-state index in [0.29, 0.717) is 0 Å². The third-order valence-electron chi connectivity index (χ3n) is 2.96. The van der Waals surface area contributed by atoms with E-state index in [-0.39, 0.29) is 0 Å². The molecule has 0 aliphatic rings. The first-order valence-corrected chi connectivity index (χ1v) is 6.00. The molecule has 0 bridgehead atoms. The van der Waals surface area contributed by atoms with Gasteiger partial charge in [-0.15, -0.1) is 0 Å². The van der Waals surface area contributed by atoms with Crippen LogP contribution in [0.25, 0.3) is 11.3 Å². The second kappa shape index (κ2) is 5.23. The molecule has 0 aliphatic heterocycles. The highest BCUT2D eigenvalue weighted by atomic mass is 16.5. The minimum Gasteiger partial charge on any atom is -0.496 e. The van der Waals surface area contributed by atoms with Crippen LogP contribution in [0.4, 0.5) is 0 Å². The average Bonchev–Trinajstić information content (AvgIpc) is 2.78. The lowest BCUT2D eigenvalue weighted by Gasteiger charge is -2.09. The summed E-state index contributed by atoms with van der Waals surface area (Å²) in [6, 6.07) is 6.27. The Kier molecular flexibility index (Phi) is 3.67. The fourth-order valence-corrected chi connectivity index (χ4v) is 2.21. The largest absolute Gasteiger partial charge is 0.496 e. The summed E-state index contributed by atoms with van der Waals surface area (Å²) < 4.78 is 5.37. The Morgan fingerprint density at radius 2 is 1.89 bits per heavy atom. The summed E-state index contributed by atoms with van der Waals surface area (Å²) in [6.45, 7) is 4.90. The van der Waals surface area contributed by atoms with Crippen molar-refractivity contribution in [3.05, 3.63) is 35.0 Å². The van der Waals surface area contributed by atoms with Crippen molar-refractivity contribution in [2.24, 2.45) is 0 Å². The number of aryl methyl sites for hydroxylation is 2. The van der Waals surface area contributed by atoms with Crippen molar-refractivity contribution in [2.75, 3.05) is 14.2 Å². The molecule has 1 aromatic carbocycles. The molecule has 0 atom stereocenters. The van der Waals surface area contributed by atoms with Crippen LogP contribution < -0.4 is 10.1 Å². The molecule has 4 nitrogen and oxygen atoms in total.